The molecule has 7 heteroatoms. The second-order valence-electron chi connectivity index (χ2n) is 4.37. The summed E-state index contributed by atoms with van der Waals surface area (Å²) in [5.74, 6) is 0. The van der Waals surface area contributed by atoms with Crippen molar-refractivity contribution in [2.45, 2.75) is 11.4 Å². The van der Waals surface area contributed by atoms with E-state index in [1.54, 1.807) is 14.2 Å². The number of nitrogens with two attached hydrogens (primary N) is 1. The number of nitrogens with zero attached hydrogens (tertiary/aromatic N) is 1. The van der Waals surface area contributed by atoms with Gasteiger partial charge in [0.1, 0.15) is 4.90 Å². The van der Waals surface area contributed by atoms with Crippen molar-refractivity contribution in [3.63, 3.8) is 0 Å². The highest BCUT2D eigenvalue weighted by Gasteiger charge is 2.27. The predicted octanol–water partition coefficient (Wildman–Crippen LogP) is 1.63. The van der Waals surface area contributed by atoms with Crippen LogP contribution in [0.5, 0.6) is 0 Å². The maximum atomic E-state index is 12.7. The zero-order chi connectivity index (χ0) is 14.8. The smallest absolute Gasteiger partial charge is 0.244 e. The molecule has 1 aromatic heterocycles. The van der Waals surface area contributed by atoms with E-state index in [1.807, 2.05) is 24.3 Å². The van der Waals surface area contributed by atoms with Gasteiger partial charge in [0.2, 0.25) is 10.0 Å². The van der Waals surface area contributed by atoms with Crippen molar-refractivity contribution in [2.24, 2.45) is 5.73 Å². The molecule has 0 saturated carbocycles. The van der Waals surface area contributed by atoms with E-state index in [0.717, 1.165) is 10.1 Å². The minimum atomic E-state index is -3.55. The first-order valence-corrected chi connectivity index (χ1v) is 8.43. The number of hydrogen-bond donors (Lipinski definition) is 1. The van der Waals surface area contributed by atoms with Gasteiger partial charge in [-0.2, -0.15) is 4.31 Å². The molecule has 0 spiro atoms. The van der Waals surface area contributed by atoms with Gasteiger partial charge in [-0.1, -0.05) is 18.2 Å². The fourth-order valence-electron chi connectivity index (χ4n) is 1.99. The number of fused-ring (bicyclic) bond motifs is 1. The molecule has 2 N–H and O–H groups in total. The topological polar surface area (TPSA) is 72.6 Å². The third-order valence-electron chi connectivity index (χ3n) is 3.08. The molecule has 0 aliphatic carbocycles. The number of ether oxygens (including phenoxy) is 1. The van der Waals surface area contributed by atoms with Crippen LogP contribution < -0.4 is 5.73 Å². The number of hydrogen-bond acceptors (Lipinski definition) is 5. The molecule has 0 radical (unpaired) electrons. The monoisotopic (exact) mass is 314 g/mol. The largest absolute Gasteiger partial charge is 0.383 e. The lowest BCUT2D eigenvalue weighted by atomic mass is 10.2. The fraction of sp³-hybridized carbons (Fsp3) is 0.385. The van der Waals surface area contributed by atoms with Crippen molar-refractivity contribution in [1.82, 2.24) is 4.31 Å². The zero-order valence-corrected chi connectivity index (χ0v) is 13.1. The van der Waals surface area contributed by atoms with Gasteiger partial charge < -0.3 is 10.5 Å². The molecule has 0 unspecified atom stereocenters. The second-order valence-corrected chi connectivity index (χ2v) is 7.49. The molecular formula is C13H18N2O3S2. The number of sulfonamides is 1. The lowest BCUT2D eigenvalue weighted by molar-refractivity contribution is 0.185. The molecule has 2 rings (SSSR count). The van der Waals surface area contributed by atoms with Gasteiger partial charge in [0, 0.05) is 42.2 Å². The van der Waals surface area contributed by atoms with Crippen LogP contribution in [0.1, 0.15) is 4.88 Å². The standard InChI is InChI=1S/C13H18N2O3S2/c1-15(7-8-18-2)20(16,17)13-10-5-3-4-6-11(10)19-12(13)9-14/h3-6H,7-9,14H2,1-2H3. The van der Waals surface area contributed by atoms with E-state index < -0.39 is 10.0 Å². The molecule has 0 saturated heterocycles. The van der Waals surface area contributed by atoms with Gasteiger partial charge >= 0.3 is 0 Å². The van der Waals surface area contributed by atoms with Crippen molar-refractivity contribution < 1.29 is 13.2 Å². The van der Waals surface area contributed by atoms with Crippen molar-refractivity contribution >= 4 is 31.4 Å². The molecule has 0 amide bonds. The number of thiophene rings is 1. The van der Waals surface area contributed by atoms with Crippen LogP contribution in [0.2, 0.25) is 0 Å². The highest BCUT2D eigenvalue weighted by molar-refractivity contribution is 7.89. The molecule has 2 aromatic rings. The minimum Gasteiger partial charge on any atom is -0.383 e. The lowest BCUT2D eigenvalue weighted by Gasteiger charge is -2.17. The summed E-state index contributed by atoms with van der Waals surface area (Å²) in [6.45, 7) is 0.884. The molecule has 0 bridgehead atoms. The summed E-state index contributed by atoms with van der Waals surface area (Å²) in [6.07, 6.45) is 0. The molecule has 1 aromatic carbocycles. The summed E-state index contributed by atoms with van der Waals surface area (Å²) >= 11 is 1.43. The minimum absolute atomic E-state index is 0.214. The average molecular weight is 314 g/mol. The summed E-state index contributed by atoms with van der Waals surface area (Å²) < 4.78 is 32.6. The van der Waals surface area contributed by atoms with Crippen LogP contribution in [0.25, 0.3) is 10.1 Å². The Hall–Kier alpha value is -0.990. The Balaban J connectivity index is 2.55. The van der Waals surface area contributed by atoms with Crippen LogP contribution in [-0.2, 0) is 21.3 Å². The van der Waals surface area contributed by atoms with E-state index in [-0.39, 0.29) is 6.54 Å². The maximum absolute atomic E-state index is 12.7. The number of rotatable bonds is 6. The number of benzene rings is 1. The fourth-order valence-corrected chi connectivity index (χ4v) is 4.92. The van der Waals surface area contributed by atoms with Crippen molar-refractivity contribution in [3.05, 3.63) is 29.1 Å². The first-order valence-electron chi connectivity index (χ1n) is 6.18. The van der Waals surface area contributed by atoms with Crippen molar-refractivity contribution in [2.75, 3.05) is 27.3 Å². The first kappa shape index (κ1) is 15.4. The van der Waals surface area contributed by atoms with Gasteiger partial charge in [-0.05, 0) is 6.07 Å². The molecule has 0 aliphatic heterocycles. The van der Waals surface area contributed by atoms with Crippen molar-refractivity contribution in [3.8, 4) is 0 Å². The lowest BCUT2D eigenvalue weighted by Crippen LogP contribution is -2.30. The van der Waals surface area contributed by atoms with E-state index in [1.165, 1.54) is 15.6 Å². The molecule has 5 nitrogen and oxygen atoms in total. The molecule has 0 atom stereocenters. The van der Waals surface area contributed by atoms with Gasteiger partial charge in [-0.25, -0.2) is 8.42 Å². The summed E-state index contributed by atoms with van der Waals surface area (Å²) in [5.41, 5.74) is 5.71. The first-order chi connectivity index (χ1) is 9.52. The molecule has 110 valence electrons. The van der Waals surface area contributed by atoms with Gasteiger partial charge in [0.05, 0.1) is 6.61 Å². The van der Waals surface area contributed by atoms with Crippen LogP contribution in [0.15, 0.2) is 29.2 Å². The Bertz CT molecular complexity index is 695. The highest BCUT2D eigenvalue weighted by atomic mass is 32.2. The Morgan fingerprint density at radius 3 is 2.70 bits per heavy atom. The maximum Gasteiger partial charge on any atom is 0.244 e. The van der Waals surface area contributed by atoms with Crippen LogP contribution in [0.3, 0.4) is 0 Å². The molecule has 20 heavy (non-hydrogen) atoms. The molecule has 0 fully saturated rings. The van der Waals surface area contributed by atoms with Gasteiger partial charge in [0.25, 0.3) is 0 Å². The third kappa shape index (κ3) is 2.72. The highest BCUT2D eigenvalue weighted by Crippen LogP contribution is 2.35. The SMILES string of the molecule is COCCN(C)S(=O)(=O)c1c(CN)sc2ccccc12. The normalized spacial score (nSPS) is 12.4. The Labute approximate surface area is 123 Å². The van der Waals surface area contributed by atoms with E-state index in [4.69, 9.17) is 10.5 Å². The Kier molecular flexibility index (Phi) is 4.77. The Morgan fingerprint density at radius 1 is 1.35 bits per heavy atom. The molecule has 0 aliphatic rings. The summed E-state index contributed by atoms with van der Waals surface area (Å²) in [7, 11) is -0.449. The zero-order valence-electron chi connectivity index (χ0n) is 11.5. The number of methoxy groups -OCH3 is 1. The van der Waals surface area contributed by atoms with E-state index >= 15 is 0 Å². The Morgan fingerprint density at radius 2 is 2.05 bits per heavy atom. The van der Waals surface area contributed by atoms with Gasteiger partial charge in [-0.3, -0.25) is 0 Å². The quantitative estimate of drug-likeness (QED) is 0.879. The van der Waals surface area contributed by atoms with E-state index in [9.17, 15) is 8.42 Å². The van der Waals surface area contributed by atoms with Gasteiger partial charge in [0.15, 0.2) is 0 Å². The average Bonchev–Trinajstić information content (AvgIpc) is 2.83. The summed E-state index contributed by atoms with van der Waals surface area (Å²) in [6, 6.07) is 7.46. The van der Waals surface area contributed by atoms with Crippen molar-refractivity contribution in [1.29, 1.82) is 0 Å². The van der Waals surface area contributed by atoms with Crippen LogP contribution in [-0.4, -0.2) is 40.0 Å². The summed E-state index contributed by atoms with van der Waals surface area (Å²) in [5, 5.41) is 0.738. The van der Waals surface area contributed by atoms with Crippen LogP contribution in [0, 0.1) is 0 Å². The predicted molar refractivity (Wildman–Crippen MR) is 81.4 cm³/mol. The van der Waals surface area contributed by atoms with Gasteiger partial charge in [-0.15, -0.1) is 11.3 Å². The van der Waals surface area contributed by atoms with Crippen LogP contribution >= 0.6 is 11.3 Å². The number of likely N-dealkylation sites (N-methyl/N-ethyl adjacent to an activating group) is 1. The second kappa shape index (κ2) is 6.19. The molecular weight excluding hydrogens is 296 g/mol. The summed E-state index contributed by atoms with van der Waals surface area (Å²) in [4.78, 5) is 1.02. The van der Waals surface area contributed by atoms with E-state index in [2.05, 4.69) is 0 Å². The third-order valence-corrected chi connectivity index (χ3v) is 6.39. The van der Waals surface area contributed by atoms with E-state index in [0.29, 0.717) is 22.9 Å². The van der Waals surface area contributed by atoms with Crippen LogP contribution in [0.4, 0.5) is 0 Å². The molecule has 1 heterocycles.